The Kier molecular flexibility index (Phi) is 7.31. The van der Waals surface area contributed by atoms with Crippen molar-refractivity contribution < 1.29 is 9.59 Å². The van der Waals surface area contributed by atoms with Gasteiger partial charge in [0.2, 0.25) is 11.8 Å². The molecule has 4 aliphatic rings. The Bertz CT molecular complexity index is 1230. The smallest absolute Gasteiger partial charge is 0.329 e. The summed E-state index contributed by atoms with van der Waals surface area (Å²) in [6.07, 6.45) is 8.43. The summed E-state index contributed by atoms with van der Waals surface area (Å²) in [5.74, 6) is 1.89. The van der Waals surface area contributed by atoms with Crippen LogP contribution in [0.3, 0.4) is 0 Å². The van der Waals surface area contributed by atoms with Gasteiger partial charge in [0.15, 0.2) is 0 Å². The molecule has 1 unspecified atom stereocenters. The van der Waals surface area contributed by atoms with Gasteiger partial charge in [-0.1, -0.05) is 0 Å². The number of nitrogens with one attached hydrogen (secondary N) is 2. The van der Waals surface area contributed by atoms with Gasteiger partial charge in [0.1, 0.15) is 6.04 Å². The Hall–Kier alpha value is -2.65. The topological polar surface area (TPSA) is 91.6 Å². The standard InChI is InChI=1S/C29H42N6O3/c1-32-26-18-23(2-3-24(26)35(29(32)38)25-4-5-27(36)31-28(25)37)34-16-10-22(11-17-34)21-8-14-33(15-9-21)19-20-6-12-30-13-7-20/h2-3,18,20-22,25,30H,4-17,19H2,1H3,(H,31,36,37). The number of imide groups is 1. The quantitative estimate of drug-likeness (QED) is 0.586. The van der Waals surface area contributed by atoms with Crippen LogP contribution in [0, 0.1) is 17.8 Å². The van der Waals surface area contributed by atoms with Crippen LogP contribution < -0.4 is 21.2 Å². The molecule has 9 heteroatoms. The average molecular weight is 523 g/mol. The number of amides is 2. The van der Waals surface area contributed by atoms with Crippen LogP contribution in [-0.4, -0.2) is 71.7 Å². The van der Waals surface area contributed by atoms with Gasteiger partial charge < -0.3 is 15.1 Å². The van der Waals surface area contributed by atoms with Gasteiger partial charge in [-0.3, -0.25) is 24.0 Å². The lowest BCUT2D eigenvalue weighted by atomic mass is 9.78. The number of imidazole rings is 1. The molecular formula is C29H42N6O3. The number of benzene rings is 1. The highest BCUT2D eigenvalue weighted by Crippen LogP contribution is 2.35. The van der Waals surface area contributed by atoms with Crippen molar-refractivity contribution in [2.24, 2.45) is 24.8 Å². The Morgan fingerprint density at radius 2 is 1.53 bits per heavy atom. The minimum Gasteiger partial charge on any atom is -0.371 e. The second kappa shape index (κ2) is 10.8. The molecule has 2 amide bonds. The fraction of sp³-hybridized carbons (Fsp3) is 0.690. The van der Waals surface area contributed by atoms with Crippen LogP contribution >= 0.6 is 0 Å². The zero-order valence-corrected chi connectivity index (χ0v) is 22.7. The second-order valence-corrected chi connectivity index (χ2v) is 12.0. The summed E-state index contributed by atoms with van der Waals surface area (Å²) in [5, 5.41) is 5.87. The number of anilines is 1. The van der Waals surface area contributed by atoms with E-state index in [9.17, 15) is 14.4 Å². The lowest BCUT2D eigenvalue weighted by molar-refractivity contribution is -0.135. The molecule has 0 spiro atoms. The molecule has 2 N–H and O–H groups in total. The first-order valence-electron chi connectivity index (χ1n) is 14.7. The molecule has 6 rings (SSSR count). The van der Waals surface area contributed by atoms with Gasteiger partial charge in [-0.15, -0.1) is 0 Å². The minimum absolute atomic E-state index is 0.211. The first-order valence-corrected chi connectivity index (χ1v) is 14.7. The van der Waals surface area contributed by atoms with E-state index in [1.165, 1.54) is 71.2 Å². The third kappa shape index (κ3) is 5.02. The monoisotopic (exact) mass is 522 g/mol. The Balaban J connectivity index is 1.07. The molecule has 38 heavy (non-hydrogen) atoms. The molecule has 1 aromatic heterocycles. The van der Waals surface area contributed by atoms with Gasteiger partial charge in [-0.2, -0.15) is 0 Å². The largest absolute Gasteiger partial charge is 0.371 e. The van der Waals surface area contributed by atoms with E-state index in [1.807, 2.05) is 6.07 Å². The zero-order valence-electron chi connectivity index (χ0n) is 22.7. The summed E-state index contributed by atoms with van der Waals surface area (Å²) >= 11 is 0. The zero-order chi connectivity index (χ0) is 26.2. The van der Waals surface area contributed by atoms with Crippen LogP contribution in [0.25, 0.3) is 11.0 Å². The molecule has 4 fully saturated rings. The predicted molar refractivity (Wildman–Crippen MR) is 148 cm³/mol. The fourth-order valence-electron chi connectivity index (χ4n) is 7.44. The summed E-state index contributed by atoms with van der Waals surface area (Å²) in [6.45, 7) is 8.31. The normalized spacial score (nSPS) is 25.3. The Labute approximate surface area is 224 Å². The van der Waals surface area contributed by atoms with Crippen molar-refractivity contribution in [2.75, 3.05) is 50.7 Å². The maximum atomic E-state index is 13.1. The molecule has 0 radical (unpaired) electrons. The first kappa shape index (κ1) is 25.6. The summed E-state index contributed by atoms with van der Waals surface area (Å²) in [5.41, 5.74) is 2.52. The summed E-state index contributed by atoms with van der Waals surface area (Å²) < 4.78 is 3.19. The number of aryl methyl sites for hydroxylation is 1. The Morgan fingerprint density at radius 3 is 2.21 bits per heavy atom. The van der Waals surface area contributed by atoms with Crippen LogP contribution in [-0.2, 0) is 16.6 Å². The van der Waals surface area contributed by atoms with Gasteiger partial charge in [0, 0.05) is 38.8 Å². The van der Waals surface area contributed by atoms with E-state index in [1.54, 1.807) is 16.2 Å². The number of likely N-dealkylation sites (tertiary alicyclic amines) is 1. The molecule has 0 saturated carbocycles. The van der Waals surface area contributed by atoms with Crippen LogP contribution in [0.1, 0.15) is 57.4 Å². The molecule has 5 heterocycles. The number of carbonyl (C=O) groups excluding carboxylic acids is 2. The highest BCUT2D eigenvalue weighted by molar-refractivity contribution is 6.00. The summed E-state index contributed by atoms with van der Waals surface area (Å²) in [6, 6.07) is 5.51. The second-order valence-electron chi connectivity index (χ2n) is 12.0. The van der Waals surface area contributed by atoms with Crippen LogP contribution in [0.2, 0.25) is 0 Å². The number of rotatable bonds is 5. The van der Waals surface area contributed by atoms with E-state index in [2.05, 4.69) is 32.6 Å². The van der Waals surface area contributed by atoms with Crippen molar-refractivity contribution in [3.05, 3.63) is 28.7 Å². The SMILES string of the molecule is Cn1c(=O)n(C2CCC(=O)NC2=O)c2ccc(N3CCC(C4CCN(CC5CCNCC5)CC4)CC3)cc21. The van der Waals surface area contributed by atoms with Crippen molar-refractivity contribution in [3.8, 4) is 0 Å². The van der Waals surface area contributed by atoms with Crippen LogP contribution in [0.15, 0.2) is 23.0 Å². The van der Waals surface area contributed by atoms with Gasteiger partial charge >= 0.3 is 5.69 Å². The minimum atomic E-state index is -0.642. The van der Waals surface area contributed by atoms with Crippen LogP contribution in [0.5, 0.6) is 0 Å². The number of fused-ring (bicyclic) bond motifs is 1. The van der Waals surface area contributed by atoms with Crippen LogP contribution in [0.4, 0.5) is 5.69 Å². The highest BCUT2D eigenvalue weighted by Gasteiger charge is 2.33. The molecule has 0 aliphatic carbocycles. The number of nitrogens with zero attached hydrogens (tertiary/aromatic N) is 4. The molecule has 0 bridgehead atoms. The van der Waals surface area contributed by atoms with Gasteiger partial charge in [-0.05, 0) is 107 Å². The van der Waals surface area contributed by atoms with Crippen molar-refractivity contribution in [1.29, 1.82) is 0 Å². The lowest BCUT2D eigenvalue weighted by Gasteiger charge is -2.41. The van der Waals surface area contributed by atoms with Gasteiger partial charge in [0.25, 0.3) is 0 Å². The van der Waals surface area contributed by atoms with Crippen molar-refractivity contribution in [2.45, 2.75) is 57.4 Å². The third-order valence-electron chi connectivity index (χ3n) is 9.77. The maximum absolute atomic E-state index is 13.1. The van der Waals surface area contributed by atoms with Gasteiger partial charge in [-0.25, -0.2) is 4.79 Å². The Morgan fingerprint density at radius 1 is 0.842 bits per heavy atom. The number of aromatic nitrogens is 2. The molecule has 1 aromatic carbocycles. The van der Waals surface area contributed by atoms with Crippen molar-refractivity contribution in [3.63, 3.8) is 0 Å². The van der Waals surface area contributed by atoms with Crippen molar-refractivity contribution >= 4 is 28.5 Å². The highest BCUT2D eigenvalue weighted by atomic mass is 16.2. The fourth-order valence-corrected chi connectivity index (χ4v) is 7.44. The van der Waals surface area contributed by atoms with E-state index < -0.39 is 6.04 Å². The number of piperidine rings is 4. The lowest BCUT2D eigenvalue weighted by Crippen LogP contribution is -2.44. The summed E-state index contributed by atoms with van der Waals surface area (Å²) in [7, 11) is 1.76. The molecule has 2 aromatic rings. The molecule has 4 aliphatic heterocycles. The van der Waals surface area contributed by atoms with E-state index in [-0.39, 0.29) is 23.9 Å². The first-order chi connectivity index (χ1) is 18.5. The maximum Gasteiger partial charge on any atom is 0.329 e. The van der Waals surface area contributed by atoms with E-state index in [0.717, 1.165) is 47.6 Å². The van der Waals surface area contributed by atoms with E-state index >= 15 is 0 Å². The summed E-state index contributed by atoms with van der Waals surface area (Å²) in [4.78, 5) is 42.4. The third-order valence-corrected chi connectivity index (χ3v) is 9.77. The molecule has 9 nitrogen and oxygen atoms in total. The molecule has 4 saturated heterocycles. The average Bonchev–Trinajstić information content (AvgIpc) is 3.19. The van der Waals surface area contributed by atoms with E-state index in [0.29, 0.717) is 6.42 Å². The molecular weight excluding hydrogens is 480 g/mol. The van der Waals surface area contributed by atoms with Crippen molar-refractivity contribution in [1.82, 2.24) is 24.7 Å². The number of hydrogen-bond donors (Lipinski definition) is 2. The van der Waals surface area contributed by atoms with Gasteiger partial charge in [0.05, 0.1) is 11.0 Å². The molecule has 1 atom stereocenters. The van der Waals surface area contributed by atoms with E-state index in [4.69, 9.17) is 0 Å². The number of hydrogen-bond acceptors (Lipinski definition) is 6. The number of carbonyl (C=O) groups is 2. The molecule has 206 valence electrons. The predicted octanol–water partition coefficient (Wildman–Crippen LogP) is 2.25.